The summed E-state index contributed by atoms with van der Waals surface area (Å²) in [5.74, 6) is 7.45. The summed E-state index contributed by atoms with van der Waals surface area (Å²) in [5.41, 5.74) is 2.51. The van der Waals surface area contributed by atoms with Gasteiger partial charge in [0.1, 0.15) is 0 Å². The molecule has 2 rings (SSSR count). The van der Waals surface area contributed by atoms with Crippen LogP contribution in [0.5, 0.6) is 0 Å². The van der Waals surface area contributed by atoms with Gasteiger partial charge < -0.3 is 5.32 Å². The molecule has 0 aliphatic heterocycles. The molecule has 130 valence electrons. The van der Waals surface area contributed by atoms with Gasteiger partial charge in [-0.3, -0.25) is 9.69 Å². The molecule has 0 unspecified atom stereocenters. The van der Waals surface area contributed by atoms with Crippen molar-refractivity contribution in [1.82, 2.24) is 10.2 Å². The Bertz CT molecular complexity index is 692. The predicted molar refractivity (Wildman–Crippen MR) is 106 cm³/mol. The lowest BCUT2D eigenvalue weighted by atomic mass is 10.2. The van der Waals surface area contributed by atoms with E-state index in [-0.39, 0.29) is 5.91 Å². The topological polar surface area (TPSA) is 32.3 Å². The van der Waals surface area contributed by atoms with E-state index < -0.39 is 0 Å². The fourth-order valence-electron chi connectivity index (χ4n) is 2.23. The molecule has 0 fully saturated rings. The fourth-order valence-corrected chi connectivity index (χ4v) is 3.05. The maximum absolute atomic E-state index is 11.8. The van der Waals surface area contributed by atoms with E-state index in [0.717, 1.165) is 12.3 Å². The van der Waals surface area contributed by atoms with E-state index in [0.29, 0.717) is 18.8 Å². The lowest BCUT2D eigenvalue weighted by Crippen LogP contribution is -2.25. The number of amides is 1. The van der Waals surface area contributed by atoms with Gasteiger partial charge in [0.05, 0.1) is 18.8 Å². The lowest BCUT2D eigenvalue weighted by Gasteiger charge is -2.12. The highest BCUT2D eigenvalue weighted by molar-refractivity contribution is 7.99. The second-order valence-corrected chi connectivity index (χ2v) is 6.75. The molecule has 25 heavy (non-hydrogen) atoms. The van der Waals surface area contributed by atoms with Crippen LogP contribution in [0.3, 0.4) is 0 Å². The number of hydrogen-bond acceptors (Lipinski definition) is 3. The largest absolute Gasteiger partial charge is 0.344 e. The van der Waals surface area contributed by atoms with Crippen LogP contribution in [0.15, 0.2) is 60.7 Å². The van der Waals surface area contributed by atoms with Crippen LogP contribution < -0.4 is 5.32 Å². The van der Waals surface area contributed by atoms with E-state index in [1.807, 2.05) is 43.4 Å². The second kappa shape index (κ2) is 11.4. The third kappa shape index (κ3) is 8.44. The van der Waals surface area contributed by atoms with E-state index in [2.05, 4.69) is 46.3 Å². The molecule has 2 aromatic carbocycles. The molecule has 4 heteroatoms. The van der Waals surface area contributed by atoms with Crippen LogP contribution in [0.4, 0.5) is 0 Å². The normalized spacial score (nSPS) is 10.2. The first kappa shape index (κ1) is 19.1. The second-order valence-electron chi connectivity index (χ2n) is 5.77. The zero-order valence-electron chi connectivity index (χ0n) is 14.6. The van der Waals surface area contributed by atoms with Gasteiger partial charge in [-0.15, -0.1) is 11.8 Å². The number of thioether (sulfide) groups is 1. The molecular formula is C21H24N2OS. The first-order valence-electron chi connectivity index (χ1n) is 8.30. The molecule has 0 aromatic heterocycles. The summed E-state index contributed by atoms with van der Waals surface area (Å²) in [6.45, 7) is 1.97. The molecule has 2 aromatic rings. The Morgan fingerprint density at radius 2 is 1.64 bits per heavy atom. The van der Waals surface area contributed by atoms with Gasteiger partial charge >= 0.3 is 0 Å². The molecule has 0 heterocycles. The highest BCUT2D eigenvalue weighted by Gasteiger charge is 2.00. The van der Waals surface area contributed by atoms with Crippen LogP contribution in [0, 0.1) is 11.8 Å². The first-order valence-corrected chi connectivity index (χ1v) is 9.46. The van der Waals surface area contributed by atoms with Crippen LogP contribution in [-0.2, 0) is 17.1 Å². The number of benzene rings is 2. The Hall–Kier alpha value is -2.22. The van der Waals surface area contributed by atoms with Gasteiger partial charge in [-0.1, -0.05) is 72.5 Å². The molecule has 0 bridgehead atoms. The van der Waals surface area contributed by atoms with Crippen molar-refractivity contribution in [3.63, 3.8) is 0 Å². The lowest BCUT2D eigenvalue weighted by molar-refractivity contribution is -0.118. The summed E-state index contributed by atoms with van der Waals surface area (Å²) in [7, 11) is 2.04. The molecule has 0 spiro atoms. The SMILES string of the molecule is CN(CC#CCNC(=O)CSCc1ccccc1)Cc1ccccc1. The van der Waals surface area contributed by atoms with E-state index in [9.17, 15) is 4.79 Å². The van der Waals surface area contributed by atoms with E-state index in [1.54, 1.807) is 11.8 Å². The fraction of sp³-hybridized carbons (Fsp3) is 0.286. The van der Waals surface area contributed by atoms with Gasteiger partial charge in [-0.05, 0) is 18.2 Å². The average Bonchev–Trinajstić information content (AvgIpc) is 2.63. The molecule has 0 saturated carbocycles. The number of carbonyl (C=O) groups is 1. The number of nitrogens with one attached hydrogen (secondary N) is 1. The van der Waals surface area contributed by atoms with Gasteiger partial charge in [-0.2, -0.15) is 0 Å². The molecular weight excluding hydrogens is 328 g/mol. The summed E-state index contributed by atoms with van der Waals surface area (Å²) in [4.78, 5) is 13.9. The molecule has 0 atom stereocenters. The van der Waals surface area contributed by atoms with Gasteiger partial charge in [0.15, 0.2) is 0 Å². The first-order chi connectivity index (χ1) is 12.2. The molecule has 1 N–H and O–H groups in total. The van der Waals surface area contributed by atoms with Gasteiger partial charge in [0.25, 0.3) is 0 Å². The number of rotatable bonds is 8. The third-order valence-electron chi connectivity index (χ3n) is 3.49. The van der Waals surface area contributed by atoms with Crippen LogP contribution in [0.1, 0.15) is 11.1 Å². The van der Waals surface area contributed by atoms with Crippen LogP contribution in [0.2, 0.25) is 0 Å². The zero-order valence-corrected chi connectivity index (χ0v) is 15.4. The van der Waals surface area contributed by atoms with Crippen molar-refractivity contribution < 1.29 is 4.79 Å². The summed E-state index contributed by atoms with van der Waals surface area (Å²) in [5, 5.41) is 2.84. The monoisotopic (exact) mass is 352 g/mol. The van der Waals surface area contributed by atoms with Crippen molar-refractivity contribution in [1.29, 1.82) is 0 Å². The summed E-state index contributed by atoms with van der Waals surface area (Å²) < 4.78 is 0. The van der Waals surface area contributed by atoms with E-state index in [4.69, 9.17) is 0 Å². The molecule has 3 nitrogen and oxygen atoms in total. The summed E-state index contributed by atoms with van der Waals surface area (Å²) in [6.07, 6.45) is 0. The zero-order chi connectivity index (χ0) is 17.7. The van der Waals surface area contributed by atoms with E-state index >= 15 is 0 Å². The number of carbonyl (C=O) groups excluding carboxylic acids is 1. The highest BCUT2D eigenvalue weighted by atomic mass is 32.2. The van der Waals surface area contributed by atoms with Crippen molar-refractivity contribution in [2.24, 2.45) is 0 Å². The Balaban J connectivity index is 1.56. The molecule has 0 radical (unpaired) electrons. The van der Waals surface area contributed by atoms with Gasteiger partial charge in [-0.25, -0.2) is 0 Å². The molecule has 0 saturated heterocycles. The minimum atomic E-state index is 0.0351. The Kier molecular flexibility index (Phi) is 8.68. The van der Waals surface area contributed by atoms with E-state index in [1.165, 1.54) is 11.1 Å². The van der Waals surface area contributed by atoms with Crippen molar-refractivity contribution >= 4 is 17.7 Å². The predicted octanol–water partition coefficient (Wildman–Crippen LogP) is 3.17. The highest BCUT2D eigenvalue weighted by Crippen LogP contribution is 2.10. The minimum absolute atomic E-state index is 0.0351. The molecule has 0 aliphatic rings. The van der Waals surface area contributed by atoms with Gasteiger partial charge in [0.2, 0.25) is 5.91 Å². The maximum atomic E-state index is 11.8. The van der Waals surface area contributed by atoms with Crippen molar-refractivity contribution in [2.75, 3.05) is 25.9 Å². The smallest absolute Gasteiger partial charge is 0.230 e. The maximum Gasteiger partial charge on any atom is 0.230 e. The number of nitrogens with zero attached hydrogens (tertiary/aromatic N) is 1. The van der Waals surface area contributed by atoms with Crippen LogP contribution in [0.25, 0.3) is 0 Å². The summed E-state index contributed by atoms with van der Waals surface area (Å²) >= 11 is 1.62. The number of hydrogen-bond donors (Lipinski definition) is 1. The Morgan fingerprint density at radius 3 is 2.32 bits per heavy atom. The Labute approximate surface area is 154 Å². The summed E-state index contributed by atoms with van der Waals surface area (Å²) in [6, 6.07) is 20.5. The average molecular weight is 353 g/mol. The van der Waals surface area contributed by atoms with Crippen molar-refractivity contribution in [3.8, 4) is 11.8 Å². The van der Waals surface area contributed by atoms with Crippen LogP contribution in [-0.4, -0.2) is 36.7 Å². The van der Waals surface area contributed by atoms with Gasteiger partial charge in [0, 0.05) is 12.3 Å². The standard InChI is InChI=1S/C21H24N2OS/c1-23(16-19-10-4-2-5-11-19)15-9-8-14-22-21(24)18-25-17-20-12-6-3-7-13-20/h2-7,10-13H,14-18H2,1H3,(H,22,24). The quantitative estimate of drug-likeness (QED) is 0.741. The molecule has 1 amide bonds. The van der Waals surface area contributed by atoms with Crippen molar-refractivity contribution in [3.05, 3.63) is 71.8 Å². The Morgan fingerprint density at radius 1 is 1.00 bits per heavy atom. The minimum Gasteiger partial charge on any atom is -0.344 e. The van der Waals surface area contributed by atoms with Crippen molar-refractivity contribution in [2.45, 2.75) is 12.3 Å². The van der Waals surface area contributed by atoms with Crippen LogP contribution >= 0.6 is 11.8 Å². The third-order valence-corrected chi connectivity index (χ3v) is 4.49. The molecule has 0 aliphatic carbocycles.